The maximum Gasteiger partial charge on any atom is 0.573 e. The van der Waals surface area contributed by atoms with Crippen molar-refractivity contribution in [1.29, 1.82) is 5.26 Å². The quantitative estimate of drug-likeness (QED) is 0.809. The number of hydrogen-bond acceptors (Lipinski definition) is 3. The van der Waals surface area contributed by atoms with Crippen LogP contribution in [0, 0.1) is 11.3 Å². The van der Waals surface area contributed by atoms with Crippen molar-refractivity contribution in [3.63, 3.8) is 0 Å². The van der Waals surface area contributed by atoms with E-state index in [-0.39, 0.29) is 12.2 Å². The fourth-order valence-corrected chi connectivity index (χ4v) is 1.07. The normalized spacial score (nSPS) is 10.6. The molecule has 0 saturated carbocycles. The van der Waals surface area contributed by atoms with Crippen LogP contribution in [0.25, 0.3) is 0 Å². The highest BCUT2D eigenvalue weighted by molar-refractivity contribution is 5.48. The van der Waals surface area contributed by atoms with Gasteiger partial charge in [-0.25, -0.2) is 0 Å². The number of rotatable bonds is 4. The van der Waals surface area contributed by atoms with Crippen molar-refractivity contribution in [3.05, 3.63) is 24.3 Å². The van der Waals surface area contributed by atoms with E-state index in [1.54, 1.807) is 6.07 Å². The molecule has 0 amide bonds. The first-order valence-corrected chi connectivity index (χ1v) is 4.48. The van der Waals surface area contributed by atoms with Gasteiger partial charge in [0.15, 0.2) is 0 Å². The SMILES string of the molecule is N#CCCNc1cccc(OC(F)(F)F)c1. The summed E-state index contributed by atoms with van der Waals surface area (Å²) in [5.41, 5.74) is 0.483. The zero-order valence-corrected chi connectivity index (χ0v) is 8.21. The molecule has 1 aromatic carbocycles. The van der Waals surface area contributed by atoms with Crippen LogP contribution in [-0.4, -0.2) is 12.9 Å². The fraction of sp³-hybridized carbons (Fsp3) is 0.300. The van der Waals surface area contributed by atoms with Crippen molar-refractivity contribution >= 4 is 5.69 Å². The van der Waals surface area contributed by atoms with Gasteiger partial charge in [-0.1, -0.05) is 6.07 Å². The van der Waals surface area contributed by atoms with Crippen molar-refractivity contribution in [3.8, 4) is 11.8 Å². The molecule has 0 aromatic heterocycles. The lowest BCUT2D eigenvalue weighted by Gasteiger charge is -2.10. The lowest BCUT2D eigenvalue weighted by atomic mass is 10.3. The van der Waals surface area contributed by atoms with E-state index in [1.165, 1.54) is 18.2 Å². The second-order valence-electron chi connectivity index (χ2n) is 2.91. The maximum absolute atomic E-state index is 11.9. The van der Waals surface area contributed by atoms with E-state index in [9.17, 15) is 13.2 Å². The van der Waals surface area contributed by atoms with E-state index in [1.807, 2.05) is 6.07 Å². The third kappa shape index (κ3) is 4.55. The minimum atomic E-state index is -4.69. The second-order valence-corrected chi connectivity index (χ2v) is 2.91. The number of nitrogens with one attached hydrogen (secondary N) is 1. The number of anilines is 1. The van der Waals surface area contributed by atoms with Gasteiger partial charge in [0.25, 0.3) is 0 Å². The molecule has 3 nitrogen and oxygen atoms in total. The topological polar surface area (TPSA) is 45.0 Å². The van der Waals surface area contributed by atoms with E-state index in [0.29, 0.717) is 12.2 Å². The highest BCUT2D eigenvalue weighted by Gasteiger charge is 2.31. The Morgan fingerprint density at radius 3 is 2.75 bits per heavy atom. The van der Waals surface area contributed by atoms with Crippen molar-refractivity contribution in [1.82, 2.24) is 0 Å². The predicted octanol–water partition coefficient (Wildman–Crippen LogP) is 2.91. The third-order valence-electron chi connectivity index (χ3n) is 1.63. The van der Waals surface area contributed by atoms with Crippen molar-refractivity contribution < 1.29 is 17.9 Å². The van der Waals surface area contributed by atoms with E-state index < -0.39 is 6.36 Å². The molecule has 0 aliphatic heterocycles. The van der Waals surface area contributed by atoms with Gasteiger partial charge in [-0.15, -0.1) is 13.2 Å². The van der Waals surface area contributed by atoms with Gasteiger partial charge in [0.2, 0.25) is 0 Å². The molecule has 0 fully saturated rings. The van der Waals surface area contributed by atoms with Crippen LogP contribution in [0.5, 0.6) is 5.75 Å². The Labute approximate surface area is 90.4 Å². The summed E-state index contributed by atoms with van der Waals surface area (Å²) < 4.78 is 39.4. The molecule has 0 aliphatic rings. The van der Waals surface area contributed by atoms with Crippen LogP contribution in [-0.2, 0) is 0 Å². The average Bonchev–Trinajstić information content (AvgIpc) is 2.16. The molecule has 1 rings (SSSR count). The van der Waals surface area contributed by atoms with Gasteiger partial charge in [0, 0.05) is 18.3 Å². The summed E-state index contributed by atoms with van der Waals surface area (Å²) in [6.07, 6.45) is -4.41. The van der Waals surface area contributed by atoms with Gasteiger partial charge in [-0.2, -0.15) is 5.26 Å². The molecule has 0 unspecified atom stereocenters. The Bertz CT molecular complexity index is 384. The summed E-state index contributed by atoms with van der Waals surface area (Å²) in [5, 5.41) is 11.1. The number of ether oxygens (including phenoxy) is 1. The van der Waals surface area contributed by atoms with Crippen molar-refractivity contribution in [2.24, 2.45) is 0 Å². The zero-order chi connectivity index (χ0) is 12.0. The Balaban J connectivity index is 2.61. The third-order valence-corrected chi connectivity index (χ3v) is 1.63. The zero-order valence-electron chi connectivity index (χ0n) is 8.21. The minimum absolute atomic E-state index is 0.282. The Hall–Kier alpha value is -1.90. The Kier molecular flexibility index (Phi) is 4.00. The minimum Gasteiger partial charge on any atom is -0.406 e. The first-order chi connectivity index (χ1) is 7.51. The number of nitriles is 1. The van der Waals surface area contributed by atoms with Crippen LogP contribution in [0.4, 0.5) is 18.9 Å². The van der Waals surface area contributed by atoms with E-state index in [4.69, 9.17) is 5.26 Å². The van der Waals surface area contributed by atoms with Crippen molar-refractivity contribution in [2.45, 2.75) is 12.8 Å². The lowest BCUT2D eigenvalue weighted by Crippen LogP contribution is -2.17. The molecule has 86 valence electrons. The summed E-state index contributed by atoms with van der Waals surface area (Å²) in [6.45, 7) is 0.381. The largest absolute Gasteiger partial charge is 0.573 e. The van der Waals surface area contributed by atoms with E-state index in [0.717, 1.165) is 0 Å². The van der Waals surface area contributed by atoms with Gasteiger partial charge < -0.3 is 10.1 Å². The highest BCUT2D eigenvalue weighted by atomic mass is 19.4. The Morgan fingerprint density at radius 1 is 1.38 bits per heavy atom. The molecule has 0 bridgehead atoms. The summed E-state index contributed by atoms with van der Waals surface area (Å²) in [4.78, 5) is 0. The number of benzene rings is 1. The number of hydrogen-bond donors (Lipinski definition) is 1. The van der Waals surface area contributed by atoms with Gasteiger partial charge in [-0.3, -0.25) is 0 Å². The molecule has 0 radical (unpaired) electrons. The first-order valence-electron chi connectivity index (χ1n) is 4.48. The molecule has 0 saturated heterocycles. The molecular weight excluding hydrogens is 221 g/mol. The molecule has 0 atom stereocenters. The molecule has 0 spiro atoms. The van der Waals surface area contributed by atoms with Crippen LogP contribution >= 0.6 is 0 Å². The predicted molar refractivity (Wildman–Crippen MR) is 51.8 cm³/mol. The molecule has 1 aromatic rings. The molecule has 0 heterocycles. The first kappa shape index (κ1) is 12.2. The monoisotopic (exact) mass is 230 g/mol. The van der Waals surface area contributed by atoms with Gasteiger partial charge in [0.05, 0.1) is 12.5 Å². The van der Waals surface area contributed by atoms with Crippen LogP contribution in [0.3, 0.4) is 0 Å². The standard InChI is InChI=1S/C10H9F3N2O/c11-10(12,13)16-9-4-1-3-8(7-9)15-6-2-5-14/h1,3-4,7,15H,2,6H2. The van der Waals surface area contributed by atoms with Crippen molar-refractivity contribution in [2.75, 3.05) is 11.9 Å². The van der Waals surface area contributed by atoms with Gasteiger partial charge >= 0.3 is 6.36 Å². The number of alkyl halides is 3. The molecule has 0 aliphatic carbocycles. The van der Waals surface area contributed by atoms with Gasteiger partial charge in [0.1, 0.15) is 5.75 Å². The number of nitrogens with zero attached hydrogens (tertiary/aromatic N) is 1. The van der Waals surface area contributed by atoms with Crippen LogP contribution in [0.2, 0.25) is 0 Å². The maximum atomic E-state index is 11.9. The fourth-order valence-electron chi connectivity index (χ4n) is 1.07. The summed E-state index contributed by atoms with van der Waals surface area (Å²) in [7, 11) is 0. The smallest absolute Gasteiger partial charge is 0.406 e. The summed E-state index contributed by atoms with van der Waals surface area (Å²) in [5.74, 6) is -0.283. The Morgan fingerprint density at radius 2 is 2.12 bits per heavy atom. The summed E-state index contributed by atoms with van der Waals surface area (Å²) in [6, 6.07) is 7.39. The molecule has 16 heavy (non-hydrogen) atoms. The van der Waals surface area contributed by atoms with Crippen LogP contribution in [0.15, 0.2) is 24.3 Å². The lowest BCUT2D eigenvalue weighted by molar-refractivity contribution is -0.274. The molecule has 6 heteroatoms. The van der Waals surface area contributed by atoms with E-state index in [2.05, 4.69) is 10.1 Å². The number of halogens is 3. The van der Waals surface area contributed by atoms with Crippen LogP contribution < -0.4 is 10.1 Å². The van der Waals surface area contributed by atoms with Crippen LogP contribution in [0.1, 0.15) is 6.42 Å². The van der Waals surface area contributed by atoms with E-state index >= 15 is 0 Å². The second kappa shape index (κ2) is 5.26. The van der Waals surface area contributed by atoms with Gasteiger partial charge in [-0.05, 0) is 12.1 Å². The average molecular weight is 230 g/mol. The molecule has 1 N–H and O–H groups in total. The molecular formula is C10H9F3N2O. The highest BCUT2D eigenvalue weighted by Crippen LogP contribution is 2.24. The summed E-state index contributed by atoms with van der Waals surface area (Å²) >= 11 is 0.